The average Bonchev–Trinajstić information content (AvgIpc) is 3.22. The van der Waals surface area contributed by atoms with Crippen molar-refractivity contribution >= 4 is 58.2 Å². The van der Waals surface area contributed by atoms with Gasteiger partial charge >= 0.3 is 5.97 Å². The Labute approximate surface area is 255 Å². The van der Waals surface area contributed by atoms with E-state index < -0.39 is 12.0 Å². The van der Waals surface area contributed by atoms with E-state index in [-0.39, 0.29) is 18.8 Å². The van der Waals surface area contributed by atoms with Crippen molar-refractivity contribution in [2.75, 3.05) is 6.61 Å². The molecule has 41 heavy (non-hydrogen) atoms. The number of thiazole rings is 1. The number of carbonyl (C=O) groups excluding carboxylic acids is 1. The second-order valence-corrected chi connectivity index (χ2v) is 11.7. The first-order chi connectivity index (χ1) is 19.7. The summed E-state index contributed by atoms with van der Waals surface area (Å²) in [7, 11) is 0. The van der Waals surface area contributed by atoms with Crippen LogP contribution in [-0.4, -0.2) is 17.1 Å². The second kappa shape index (κ2) is 12.2. The molecule has 0 saturated heterocycles. The molecule has 10 heteroatoms. The molecule has 0 amide bonds. The van der Waals surface area contributed by atoms with Crippen LogP contribution in [0.15, 0.2) is 81.7 Å². The van der Waals surface area contributed by atoms with Crippen LogP contribution in [0.3, 0.4) is 0 Å². The summed E-state index contributed by atoms with van der Waals surface area (Å²) in [6, 6.07) is 17.6. The minimum absolute atomic E-state index is 0.203. The number of aromatic nitrogens is 1. The zero-order valence-corrected chi connectivity index (χ0v) is 25.5. The van der Waals surface area contributed by atoms with Crippen LogP contribution in [0, 0.1) is 6.92 Å². The van der Waals surface area contributed by atoms with E-state index in [1.807, 2.05) is 43.3 Å². The lowest BCUT2D eigenvalue weighted by atomic mass is 9.95. The third-order valence-electron chi connectivity index (χ3n) is 6.51. The van der Waals surface area contributed by atoms with Crippen molar-refractivity contribution in [2.45, 2.75) is 33.4 Å². The third-order valence-corrected chi connectivity index (χ3v) is 8.22. The number of esters is 1. The van der Waals surface area contributed by atoms with Gasteiger partial charge in [0.25, 0.3) is 5.56 Å². The molecule has 0 spiro atoms. The van der Waals surface area contributed by atoms with Crippen LogP contribution in [0.1, 0.15) is 42.1 Å². The van der Waals surface area contributed by atoms with Gasteiger partial charge in [-0.05, 0) is 62.2 Å². The number of nitrogens with zero attached hydrogens (tertiary/aromatic N) is 2. The van der Waals surface area contributed by atoms with Gasteiger partial charge in [-0.3, -0.25) is 9.36 Å². The van der Waals surface area contributed by atoms with Crippen molar-refractivity contribution in [2.24, 2.45) is 4.99 Å². The molecule has 4 aromatic rings. The van der Waals surface area contributed by atoms with Gasteiger partial charge in [0, 0.05) is 15.6 Å². The van der Waals surface area contributed by atoms with Crippen molar-refractivity contribution in [3.63, 3.8) is 0 Å². The van der Waals surface area contributed by atoms with Crippen LogP contribution >= 0.6 is 46.1 Å². The lowest BCUT2D eigenvalue weighted by molar-refractivity contribution is -0.139. The van der Waals surface area contributed by atoms with Gasteiger partial charge in [-0.25, -0.2) is 9.79 Å². The fraction of sp³-hybridized carbons (Fsp3) is 0.194. The molecule has 1 atom stereocenters. The average molecular weight is 628 g/mol. The fourth-order valence-electron chi connectivity index (χ4n) is 4.62. The number of ether oxygens (including phenoxy) is 2. The van der Waals surface area contributed by atoms with Gasteiger partial charge in [0.2, 0.25) is 0 Å². The van der Waals surface area contributed by atoms with Crippen molar-refractivity contribution in [1.29, 1.82) is 0 Å². The summed E-state index contributed by atoms with van der Waals surface area (Å²) in [5, 5.41) is 1.29. The highest BCUT2D eigenvalue weighted by molar-refractivity contribution is 7.07. The molecule has 6 nitrogen and oxygen atoms in total. The number of benzene rings is 3. The number of fused-ring (bicyclic) bond motifs is 1. The molecule has 5 rings (SSSR count). The summed E-state index contributed by atoms with van der Waals surface area (Å²) in [5.41, 5.74) is 3.73. The van der Waals surface area contributed by atoms with Gasteiger partial charge in [0.1, 0.15) is 12.4 Å². The third kappa shape index (κ3) is 6.14. The first-order valence-electron chi connectivity index (χ1n) is 12.8. The number of carbonyl (C=O) groups is 1. The predicted octanol–water partition coefficient (Wildman–Crippen LogP) is 6.65. The molecule has 2 heterocycles. The summed E-state index contributed by atoms with van der Waals surface area (Å²) >= 11 is 20.2. The number of aryl methyl sites for hydroxylation is 1. The lowest BCUT2D eigenvalue weighted by Crippen LogP contribution is -2.39. The molecular formula is C31H25Cl3N2O4S. The highest BCUT2D eigenvalue weighted by Crippen LogP contribution is 2.34. The molecule has 0 bridgehead atoms. The van der Waals surface area contributed by atoms with E-state index in [4.69, 9.17) is 44.3 Å². The van der Waals surface area contributed by atoms with E-state index in [9.17, 15) is 9.59 Å². The van der Waals surface area contributed by atoms with Gasteiger partial charge in [0.15, 0.2) is 4.80 Å². The number of halogens is 3. The van der Waals surface area contributed by atoms with Crippen molar-refractivity contribution in [3.8, 4) is 5.75 Å². The molecule has 3 aromatic carbocycles. The molecule has 0 aliphatic carbocycles. The van der Waals surface area contributed by atoms with Crippen molar-refractivity contribution in [1.82, 2.24) is 4.57 Å². The highest BCUT2D eigenvalue weighted by atomic mass is 35.5. The first kappa shape index (κ1) is 29.1. The first-order valence-corrected chi connectivity index (χ1v) is 14.7. The zero-order chi connectivity index (χ0) is 29.3. The standard InChI is InChI=1S/C31H25Cl3N2O4S/c1-4-39-30(38)26-18(3)35-31-36(27(26)20-10-8-17(2)9-11-20)29(37)25(41-31)14-21-13-23(33)15-24(34)28(21)40-16-19-6-5-7-22(32)12-19/h5-15,27H,4,16H2,1-3H3/b25-14-/t27-/m0/s1. The summed E-state index contributed by atoms with van der Waals surface area (Å²) in [6.07, 6.45) is 1.68. The number of rotatable bonds is 7. The minimum atomic E-state index is -0.699. The van der Waals surface area contributed by atoms with Crippen LogP contribution in [0.4, 0.5) is 0 Å². The van der Waals surface area contributed by atoms with E-state index in [2.05, 4.69) is 4.99 Å². The quantitative estimate of drug-likeness (QED) is 0.215. The van der Waals surface area contributed by atoms with Crippen LogP contribution in [0.25, 0.3) is 6.08 Å². The lowest BCUT2D eigenvalue weighted by Gasteiger charge is -2.24. The Balaban J connectivity index is 1.65. The van der Waals surface area contributed by atoms with Crippen LogP contribution in [-0.2, 0) is 16.1 Å². The van der Waals surface area contributed by atoms with Crippen LogP contribution in [0.2, 0.25) is 15.1 Å². The van der Waals surface area contributed by atoms with E-state index in [1.165, 1.54) is 11.3 Å². The predicted molar refractivity (Wildman–Crippen MR) is 164 cm³/mol. The van der Waals surface area contributed by atoms with E-state index >= 15 is 0 Å². The SMILES string of the molecule is CCOC(=O)C1=C(C)N=c2s/c(=C\c3cc(Cl)cc(Cl)c3OCc3cccc(Cl)c3)c(=O)n2[C@H]1c1ccc(C)cc1. The van der Waals surface area contributed by atoms with Gasteiger partial charge in [-0.1, -0.05) is 88.1 Å². The molecule has 1 aliphatic rings. The van der Waals surface area contributed by atoms with Crippen molar-refractivity contribution < 1.29 is 14.3 Å². The van der Waals surface area contributed by atoms with Gasteiger partial charge in [-0.2, -0.15) is 0 Å². The van der Waals surface area contributed by atoms with E-state index in [0.29, 0.717) is 47.0 Å². The smallest absolute Gasteiger partial charge is 0.338 e. The van der Waals surface area contributed by atoms with Crippen molar-refractivity contribution in [3.05, 3.63) is 129 Å². The molecule has 0 radical (unpaired) electrons. The van der Waals surface area contributed by atoms with Crippen LogP contribution in [0.5, 0.6) is 5.75 Å². The van der Waals surface area contributed by atoms with Crippen LogP contribution < -0.4 is 19.6 Å². The summed E-state index contributed by atoms with van der Waals surface area (Å²) in [4.78, 5) is 32.2. The topological polar surface area (TPSA) is 69.9 Å². The summed E-state index contributed by atoms with van der Waals surface area (Å²) < 4.78 is 13.4. The Bertz CT molecular complexity index is 1860. The molecular weight excluding hydrogens is 603 g/mol. The molecule has 0 unspecified atom stereocenters. The number of hydrogen-bond donors (Lipinski definition) is 0. The molecule has 0 N–H and O–H groups in total. The van der Waals surface area contributed by atoms with Gasteiger partial charge in [0.05, 0.1) is 33.5 Å². The Morgan fingerprint density at radius 3 is 2.51 bits per heavy atom. The maximum absolute atomic E-state index is 14.0. The number of allylic oxidation sites excluding steroid dienone is 1. The molecule has 0 saturated carbocycles. The number of hydrogen-bond acceptors (Lipinski definition) is 6. The zero-order valence-electron chi connectivity index (χ0n) is 22.4. The minimum Gasteiger partial charge on any atom is -0.487 e. The van der Waals surface area contributed by atoms with Gasteiger partial charge < -0.3 is 9.47 Å². The normalized spacial score (nSPS) is 15.0. The maximum atomic E-state index is 14.0. The van der Waals surface area contributed by atoms with E-state index in [1.54, 1.807) is 48.8 Å². The Hall–Kier alpha value is -3.36. The largest absolute Gasteiger partial charge is 0.487 e. The summed E-state index contributed by atoms with van der Waals surface area (Å²) in [5.74, 6) is -0.132. The van der Waals surface area contributed by atoms with E-state index in [0.717, 1.165) is 16.7 Å². The maximum Gasteiger partial charge on any atom is 0.338 e. The Morgan fingerprint density at radius 2 is 1.80 bits per heavy atom. The Kier molecular flexibility index (Phi) is 8.71. The fourth-order valence-corrected chi connectivity index (χ4v) is 6.43. The molecule has 1 aromatic heterocycles. The highest BCUT2D eigenvalue weighted by Gasteiger charge is 2.33. The Morgan fingerprint density at radius 1 is 1.05 bits per heavy atom. The monoisotopic (exact) mass is 626 g/mol. The summed E-state index contributed by atoms with van der Waals surface area (Å²) in [6.45, 7) is 5.88. The molecule has 1 aliphatic heterocycles. The second-order valence-electron chi connectivity index (χ2n) is 9.44. The van der Waals surface area contributed by atoms with Gasteiger partial charge in [-0.15, -0.1) is 0 Å². The molecule has 210 valence electrons. The molecule has 0 fully saturated rings.